The van der Waals surface area contributed by atoms with E-state index < -0.39 is 0 Å². The van der Waals surface area contributed by atoms with E-state index in [1.54, 1.807) is 0 Å². The second-order valence-corrected chi connectivity index (χ2v) is 16.1. The van der Waals surface area contributed by atoms with Crippen LogP contribution in [0.5, 0.6) is 0 Å². The van der Waals surface area contributed by atoms with E-state index in [-0.39, 0.29) is 50.5 Å². The molecule has 0 unspecified atom stereocenters. The van der Waals surface area contributed by atoms with Gasteiger partial charge in [0.1, 0.15) is 0 Å². The molecule has 0 saturated heterocycles. The second-order valence-electron chi connectivity index (χ2n) is 16.1. The van der Waals surface area contributed by atoms with Crippen LogP contribution < -0.4 is 0 Å². The summed E-state index contributed by atoms with van der Waals surface area (Å²) in [5, 5.41) is 0. The van der Waals surface area contributed by atoms with Crippen molar-refractivity contribution in [2.75, 3.05) is 169 Å². The number of nitrogens with zero attached hydrogens (tertiary/aromatic N) is 6. The van der Waals surface area contributed by atoms with Gasteiger partial charge >= 0.3 is 0 Å². The largest absolute Gasteiger partial charge is 0.333 e. The molecule has 0 spiro atoms. The highest BCUT2D eigenvalue weighted by Gasteiger charge is 1.90. The number of quaternary nitrogens is 6. The predicted molar refractivity (Wildman–Crippen MR) is 212 cm³/mol. The first-order chi connectivity index (χ1) is 12.0. The van der Waals surface area contributed by atoms with E-state index in [2.05, 4.69) is 169 Å². The molecule has 12 heteroatoms. The van der Waals surface area contributed by atoms with Crippen molar-refractivity contribution in [3.8, 4) is 0 Å². The van der Waals surface area contributed by atoms with Crippen molar-refractivity contribution in [3.05, 3.63) is 0 Å². The SMILES string of the molecule is C[N+](C)(C)C.C[N+](C)(C)C.C[N+](C)(C)C.C[N+](C)(C)C.C[N+](C)(C)C.C[N+](C)(C)C.[BH4-].[BH4-].[BH4-].[BH4-].[BH4-].[BH4-]. The van der Waals surface area contributed by atoms with Gasteiger partial charge in [0.15, 0.2) is 0 Å². The molecule has 0 aliphatic carbocycles. The van der Waals surface area contributed by atoms with Crippen molar-refractivity contribution in [1.29, 1.82) is 0 Å². The van der Waals surface area contributed by atoms with Gasteiger partial charge < -0.3 is 26.9 Å². The van der Waals surface area contributed by atoms with Gasteiger partial charge in [-0.1, -0.05) is 50.5 Å². The average Bonchev–Trinajstić information content (AvgIpc) is 1.94. The summed E-state index contributed by atoms with van der Waals surface area (Å²) in [5.74, 6) is 0. The zero-order valence-electron chi connectivity index (χ0n) is 26.7. The highest BCUT2D eigenvalue weighted by Crippen LogP contribution is 1.75. The maximum absolute atomic E-state index is 2.12. The summed E-state index contributed by atoms with van der Waals surface area (Å²) in [6.07, 6.45) is 0. The molecule has 0 rings (SSSR count). The molecule has 0 heterocycles. The molecule has 36 heavy (non-hydrogen) atoms. The minimum Gasteiger partial charge on any atom is -0.333 e. The predicted octanol–water partition coefficient (Wildman–Crippen LogP) is -6.78. The molecule has 0 aromatic carbocycles. The molecule has 0 N–H and O–H groups in total. The zero-order chi connectivity index (χ0) is 27.0. The third kappa shape index (κ3) is 1680000. The lowest BCUT2D eigenvalue weighted by Crippen LogP contribution is -2.27. The van der Waals surface area contributed by atoms with Crippen molar-refractivity contribution in [2.45, 2.75) is 0 Å². The van der Waals surface area contributed by atoms with E-state index in [1.165, 1.54) is 0 Å². The summed E-state index contributed by atoms with van der Waals surface area (Å²) in [6.45, 7) is 0. The Hall–Kier alpha value is 0.150. The van der Waals surface area contributed by atoms with Crippen LogP contribution in [0, 0.1) is 0 Å². The zero-order valence-corrected chi connectivity index (χ0v) is 26.7. The van der Waals surface area contributed by atoms with Crippen molar-refractivity contribution < 1.29 is 26.9 Å². The van der Waals surface area contributed by atoms with Crippen molar-refractivity contribution >= 4 is 50.5 Å². The van der Waals surface area contributed by atoms with Crippen LogP contribution in [0.15, 0.2) is 0 Å². The minimum absolute atomic E-state index is 0. The van der Waals surface area contributed by atoms with E-state index >= 15 is 0 Å². The van der Waals surface area contributed by atoms with E-state index in [9.17, 15) is 0 Å². The standard InChI is InChI=1S/6C4H12N.6BH4/c6*1-5(2,3)4;;;;;;/h6*1-4H3;6*1H4/q6*+1;6*-1. The second kappa shape index (κ2) is 31.4. The van der Waals surface area contributed by atoms with E-state index in [0.29, 0.717) is 0 Å². The first kappa shape index (κ1) is 76.6. The first-order valence-electron chi connectivity index (χ1n) is 10.7. The topological polar surface area (TPSA) is 0 Å². The van der Waals surface area contributed by atoms with Crippen LogP contribution in [0.3, 0.4) is 0 Å². The Morgan fingerprint density at radius 3 is 0.139 bits per heavy atom. The molecule has 0 aliphatic rings. The normalized spacial score (nSPS) is 10.0. The fourth-order valence-corrected chi connectivity index (χ4v) is 0. The van der Waals surface area contributed by atoms with Crippen LogP contribution in [-0.2, 0) is 0 Å². The lowest BCUT2D eigenvalue weighted by Gasteiger charge is -2.14. The summed E-state index contributed by atoms with van der Waals surface area (Å²) >= 11 is 0. The molecule has 0 saturated carbocycles. The van der Waals surface area contributed by atoms with E-state index in [4.69, 9.17) is 0 Å². The maximum Gasteiger partial charge on any atom is 0.0675 e. The molecule has 0 aromatic rings. The third-order valence-electron chi connectivity index (χ3n) is 0. The van der Waals surface area contributed by atoms with Gasteiger partial charge in [-0.3, -0.25) is 0 Å². The highest BCUT2D eigenvalue weighted by atomic mass is 15.3. The molecule has 0 aromatic heterocycles. The van der Waals surface area contributed by atoms with E-state index in [1.807, 2.05) is 0 Å². The summed E-state index contributed by atoms with van der Waals surface area (Å²) in [6, 6.07) is 0. The number of rotatable bonds is 0. The number of hydrogen-bond acceptors (Lipinski definition) is 0. The fraction of sp³-hybridized carbons (Fsp3) is 1.00. The molecule has 240 valence electrons. The lowest BCUT2D eigenvalue weighted by atomic mass is 10.8. The van der Waals surface area contributed by atoms with E-state index in [0.717, 1.165) is 26.9 Å². The molecule has 0 bridgehead atoms. The summed E-state index contributed by atoms with van der Waals surface area (Å²) in [7, 11) is 51.0. The minimum atomic E-state index is 0. The van der Waals surface area contributed by atoms with Crippen molar-refractivity contribution in [3.63, 3.8) is 0 Å². The molecule has 6 nitrogen and oxygen atoms in total. The van der Waals surface area contributed by atoms with Crippen LogP contribution in [0.1, 0.15) is 0 Å². The highest BCUT2D eigenvalue weighted by molar-refractivity contribution is 5.76. The van der Waals surface area contributed by atoms with Crippen LogP contribution in [-0.4, -0.2) is 247 Å². The van der Waals surface area contributed by atoms with Gasteiger partial charge in [-0.05, 0) is 0 Å². The first-order valence-corrected chi connectivity index (χ1v) is 10.7. The molecule has 0 fully saturated rings. The van der Waals surface area contributed by atoms with Gasteiger partial charge in [-0.25, -0.2) is 0 Å². The van der Waals surface area contributed by atoms with Crippen molar-refractivity contribution in [1.82, 2.24) is 0 Å². The maximum atomic E-state index is 2.12. The Morgan fingerprint density at radius 1 is 0.139 bits per heavy atom. The van der Waals surface area contributed by atoms with Gasteiger partial charge in [-0.2, -0.15) is 0 Å². The Bertz CT molecular complexity index is 231. The van der Waals surface area contributed by atoms with Crippen LogP contribution in [0.4, 0.5) is 0 Å². The molecule has 0 amide bonds. The molecule has 0 atom stereocenters. The Labute approximate surface area is 246 Å². The fourth-order valence-electron chi connectivity index (χ4n) is 0. The van der Waals surface area contributed by atoms with Crippen molar-refractivity contribution in [2.24, 2.45) is 0 Å². The monoisotopic (exact) mass is 535 g/mol. The summed E-state index contributed by atoms with van der Waals surface area (Å²) in [4.78, 5) is 0. The number of hydrogen-bond donors (Lipinski definition) is 0. The Balaban J connectivity index is -0.0000000186. The van der Waals surface area contributed by atoms with Gasteiger partial charge in [0, 0.05) is 0 Å². The smallest absolute Gasteiger partial charge is 0.0675 e. The Morgan fingerprint density at radius 2 is 0.139 bits per heavy atom. The molecular formula is C24H96B6N6. The molecule has 0 radical (unpaired) electrons. The molecule has 0 aliphatic heterocycles. The van der Waals surface area contributed by atoms with Gasteiger partial charge in [-0.15, -0.1) is 0 Å². The van der Waals surface area contributed by atoms with Crippen LogP contribution in [0.25, 0.3) is 0 Å². The summed E-state index contributed by atoms with van der Waals surface area (Å²) < 4.78 is 6.00. The Kier molecular flexibility index (Phi) is 66.7. The molecular weight excluding hydrogens is 437 g/mol. The average molecular weight is 534 g/mol. The van der Waals surface area contributed by atoms with Crippen LogP contribution >= 0.6 is 0 Å². The lowest BCUT2D eigenvalue weighted by molar-refractivity contribution is -0.849. The van der Waals surface area contributed by atoms with Gasteiger partial charge in [0.2, 0.25) is 0 Å². The van der Waals surface area contributed by atoms with Gasteiger partial charge in [0.25, 0.3) is 0 Å². The van der Waals surface area contributed by atoms with Gasteiger partial charge in [0.05, 0.1) is 169 Å². The van der Waals surface area contributed by atoms with Crippen LogP contribution in [0.2, 0.25) is 0 Å². The quantitative estimate of drug-likeness (QED) is 0.215. The third-order valence-corrected chi connectivity index (χ3v) is 0. The summed E-state index contributed by atoms with van der Waals surface area (Å²) in [5.41, 5.74) is 0.